The van der Waals surface area contributed by atoms with Crippen molar-refractivity contribution in [2.75, 3.05) is 0 Å². The molecule has 0 aromatic carbocycles. The molecule has 19 heavy (non-hydrogen) atoms. The second-order valence-corrected chi connectivity index (χ2v) is 11.3. The third kappa shape index (κ3) is 128. The highest BCUT2D eigenvalue weighted by atomic mass is 14.3. The van der Waals surface area contributed by atoms with E-state index in [2.05, 4.69) is 96.9 Å². The number of rotatable bonds is 0. The molecule has 0 heteroatoms. The van der Waals surface area contributed by atoms with E-state index >= 15 is 0 Å². The van der Waals surface area contributed by atoms with Gasteiger partial charge < -0.3 is 0 Å². The molecule has 0 saturated carbocycles. The molecule has 0 aliphatic heterocycles. The Balaban J connectivity index is -0.000000219. The molecular formula is C19H44. The van der Waals surface area contributed by atoms with Gasteiger partial charge in [-0.25, -0.2) is 0 Å². The molecule has 0 amide bonds. The zero-order valence-corrected chi connectivity index (χ0v) is 16.7. The lowest BCUT2D eigenvalue weighted by Gasteiger charge is -2.28. The molecule has 0 fully saturated rings. The summed E-state index contributed by atoms with van der Waals surface area (Å²) in [5, 5.41) is 0. The summed E-state index contributed by atoms with van der Waals surface area (Å²) in [5.41, 5.74) is 1.97. The van der Waals surface area contributed by atoms with E-state index in [0.29, 0.717) is 21.7 Å². The normalized spacial score (nSPS) is 12.9. The summed E-state index contributed by atoms with van der Waals surface area (Å²) < 4.78 is 0. The van der Waals surface area contributed by atoms with Crippen LogP contribution in [0.5, 0.6) is 0 Å². The fourth-order valence-electron chi connectivity index (χ4n) is 1.59. The number of hydrogen-bond acceptors (Lipinski definition) is 0. The Kier molecular flexibility index (Phi) is 10.5. The standard InChI is InChI=1S/C9H20.2C5H12/c1-8(2,3)7-9(4,5)6;2*1-5(2,3)4/h7H2,1-6H3;2*1-4H3. The average Bonchev–Trinajstić information content (AvgIpc) is 1.63. The highest BCUT2D eigenvalue weighted by Crippen LogP contribution is 2.31. The van der Waals surface area contributed by atoms with E-state index in [9.17, 15) is 0 Å². The van der Waals surface area contributed by atoms with Gasteiger partial charge in [-0.3, -0.25) is 0 Å². The molecule has 0 heterocycles. The smallest absolute Gasteiger partial charge is 0.0378 e. The molecule has 0 rings (SSSR count). The van der Waals surface area contributed by atoms with Crippen LogP contribution in [0, 0.1) is 21.7 Å². The monoisotopic (exact) mass is 272 g/mol. The lowest BCUT2D eigenvalue weighted by molar-refractivity contribution is 0.233. The van der Waals surface area contributed by atoms with Gasteiger partial charge >= 0.3 is 0 Å². The maximum atomic E-state index is 2.29. The fourth-order valence-corrected chi connectivity index (χ4v) is 1.59. The van der Waals surface area contributed by atoms with Crippen molar-refractivity contribution in [3.05, 3.63) is 0 Å². The summed E-state index contributed by atoms with van der Waals surface area (Å²) in [6.07, 6.45) is 1.29. The van der Waals surface area contributed by atoms with Gasteiger partial charge in [-0.2, -0.15) is 0 Å². The second kappa shape index (κ2) is 8.32. The van der Waals surface area contributed by atoms with Crippen LogP contribution in [0.25, 0.3) is 0 Å². The van der Waals surface area contributed by atoms with E-state index < -0.39 is 0 Å². The van der Waals surface area contributed by atoms with Crippen molar-refractivity contribution in [1.82, 2.24) is 0 Å². The van der Waals surface area contributed by atoms with E-state index in [4.69, 9.17) is 0 Å². The van der Waals surface area contributed by atoms with E-state index in [1.54, 1.807) is 0 Å². The van der Waals surface area contributed by atoms with Gasteiger partial charge in [-0.05, 0) is 28.1 Å². The molecule has 0 atom stereocenters. The van der Waals surface area contributed by atoms with Crippen molar-refractivity contribution in [2.24, 2.45) is 21.7 Å². The molecule has 0 radical (unpaired) electrons. The van der Waals surface area contributed by atoms with Crippen molar-refractivity contribution >= 4 is 0 Å². The highest BCUT2D eigenvalue weighted by molar-refractivity contribution is 4.71. The molecular weight excluding hydrogens is 228 g/mol. The third-order valence-electron chi connectivity index (χ3n) is 1.06. The van der Waals surface area contributed by atoms with Gasteiger partial charge in [0.2, 0.25) is 0 Å². The van der Waals surface area contributed by atoms with E-state index in [1.165, 1.54) is 6.42 Å². The SMILES string of the molecule is CC(C)(C)C.CC(C)(C)C.CC(C)(C)CC(C)(C)C. The zero-order chi connectivity index (χ0) is 16.7. The summed E-state index contributed by atoms with van der Waals surface area (Å²) in [6.45, 7) is 31.2. The molecule has 0 bridgehead atoms. The minimum absolute atomic E-state index is 0.484. The van der Waals surface area contributed by atoms with Gasteiger partial charge in [0.05, 0.1) is 0 Å². The van der Waals surface area contributed by atoms with Crippen LogP contribution in [-0.2, 0) is 0 Å². The molecule has 0 spiro atoms. The molecule has 0 unspecified atom stereocenters. The summed E-state index contributed by atoms with van der Waals surface area (Å²) >= 11 is 0. The summed E-state index contributed by atoms with van der Waals surface area (Å²) in [7, 11) is 0. The minimum atomic E-state index is 0.484. The van der Waals surface area contributed by atoms with Gasteiger partial charge in [0.1, 0.15) is 0 Å². The molecule has 0 nitrogen and oxygen atoms in total. The van der Waals surface area contributed by atoms with Crippen LogP contribution >= 0.6 is 0 Å². The van der Waals surface area contributed by atoms with Crippen molar-refractivity contribution in [3.63, 3.8) is 0 Å². The predicted molar refractivity (Wildman–Crippen MR) is 93.8 cm³/mol. The van der Waals surface area contributed by atoms with Crippen molar-refractivity contribution < 1.29 is 0 Å². The topological polar surface area (TPSA) is 0 Å². The molecule has 0 aliphatic rings. The van der Waals surface area contributed by atoms with E-state index in [1.807, 2.05) is 0 Å². The van der Waals surface area contributed by atoms with Crippen LogP contribution in [-0.4, -0.2) is 0 Å². The van der Waals surface area contributed by atoms with E-state index in [0.717, 1.165) is 0 Å². The summed E-state index contributed by atoms with van der Waals surface area (Å²) in [6, 6.07) is 0. The second-order valence-electron chi connectivity index (χ2n) is 11.3. The minimum Gasteiger partial charge on any atom is -0.0604 e. The molecule has 0 N–H and O–H groups in total. The Morgan fingerprint density at radius 2 is 0.474 bits per heavy atom. The van der Waals surface area contributed by atoms with Crippen LogP contribution in [0.2, 0.25) is 0 Å². The van der Waals surface area contributed by atoms with Gasteiger partial charge in [0.15, 0.2) is 0 Å². The van der Waals surface area contributed by atoms with E-state index in [-0.39, 0.29) is 0 Å². The van der Waals surface area contributed by atoms with Crippen molar-refractivity contribution in [2.45, 2.75) is 103 Å². The molecule has 0 aliphatic carbocycles. The lowest BCUT2D eigenvalue weighted by atomic mass is 9.78. The maximum absolute atomic E-state index is 2.29. The third-order valence-corrected chi connectivity index (χ3v) is 1.06. The first-order valence-corrected chi connectivity index (χ1v) is 7.71. The summed E-state index contributed by atoms with van der Waals surface area (Å²) in [4.78, 5) is 0. The number of hydrogen-bond donors (Lipinski definition) is 0. The van der Waals surface area contributed by atoms with Gasteiger partial charge in [-0.15, -0.1) is 0 Å². The fraction of sp³-hybridized carbons (Fsp3) is 1.00. The zero-order valence-electron chi connectivity index (χ0n) is 16.7. The Bertz CT molecular complexity index is 158. The first-order chi connectivity index (χ1) is 7.71. The molecule has 0 saturated heterocycles. The van der Waals surface area contributed by atoms with Gasteiger partial charge in [-0.1, -0.05) is 96.9 Å². The first-order valence-electron chi connectivity index (χ1n) is 7.71. The largest absolute Gasteiger partial charge is 0.0604 e. The predicted octanol–water partition coefficient (Wildman–Crippen LogP) is 7.57. The Morgan fingerprint density at radius 1 is 0.368 bits per heavy atom. The van der Waals surface area contributed by atoms with Crippen LogP contribution in [0.3, 0.4) is 0 Å². The molecule has 0 aromatic rings. The molecule has 120 valence electrons. The molecule has 0 aromatic heterocycles. The van der Waals surface area contributed by atoms with Crippen LogP contribution in [0.1, 0.15) is 103 Å². The quantitative estimate of drug-likeness (QED) is 0.426. The lowest BCUT2D eigenvalue weighted by Crippen LogP contribution is -2.16. The van der Waals surface area contributed by atoms with Crippen LogP contribution in [0.4, 0.5) is 0 Å². The highest BCUT2D eigenvalue weighted by Gasteiger charge is 2.20. The van der Waals surface area contributed by atoms with Crippen LogP contribution < -0.4 is 0 Å². The first kappa shape index (κ1) is 24.0. The van der Waals surface area contributed by atoms with Crippen molar-refractivity contribution in [1.29, 1.82) is 0 Å². The van der Waals surface area contributed by atoms with Crippen LogP contribution in [0.15, 0.2) is 0 Å². The average molecular weight is 273 g/mol. The Labute approximate surface area is 125 Å². The maximum Gasteiger partial charge on any atom is -0.0378 e. The Morgan fingerprint density at radius 3 is 0.474 bits per heavy atom. The Hall–Kier alpha value is 0. The summed E-state index contributed by atoms with van der Waals surface area (Å²) in [5.74, 6) is 0. The van der Waals surface area contributed by atoms with Gasteiger partial charge in [0.25, 0.3) is 0 Å². The van der Waals surface area contributed by atoms with Gasteiger partial charge in [0, 0.05) is 0 Å². The van der Waals surface area contributed by atoms with Crippen molar-refractivity contribution in [3.8, 4) is 0 Å².